The third-order valence-electron chi connectivity index (χ3n) is 8.99. The zero-order chi connectivity index (χ0) is 32.3. The first-order chi connectivity index (χ1) is 22.2. The highest BCUT2D eigenvalue weighted by molar-refractivity contribution is 7.92. The van der Waals surface area contributed by atoms with E-state index in [9.17, 15) is 13.2 Å². The van der Waals surface area contributed by atoms with Crippen LogP contribution >= 0.6 is 0 Å². The van der Waals surface area contributed by atoms with Crippen LogP contribution in [-0.4, -0.2) is 35.8 Å². The number of para-hydroxylation sites is 1. The summed E-state index contributed by atoms with van der Waals surface area (Å²) >= 11 is 0. The zero-order valence-corrected chi connectivity index (χ0v) is 27.4. The van der Waals surface area contributed by atoms with Gasteiger partial charge >= 0.3 is 0 Å². The minimum absolute atomic E-state index is 0.100. The van der Waals surface area contributed by atoms with Crippen molar-refractivity contribution in [2.45, 2.75) is 89.3 Å². The fourth-order valence-corrected chi connectivity index (χ4v) is 7.58. The molecule has 10 heteroatoms. The van der Waals surface area contributed by atoms with Crippen molar-refractivity contribution in [2.75, 3.05) is 4.72 Å². The van der Waals surface area contributed by atoms with E-state index in [1.807, 2.05) is 59.5 Å². The van der Waals surface area contributed by atoms with Crippen LogP contribution in [0.3, 0.4) is 0 Å². The molecule has 1 saturated carbocycles. The molecular formula is C36H40N4O5S. The molecule has 2 heterocycles. The molecule has 0 saturated heterocycles. The average molecular weight is 641 g/mol. The maximum absolute atomic E-state index is 13.8. The predicted molar refractivity (Wildman–Crippen MR) is 178 cm³/mol. The summed E-state index contributed by atoms with van der Waals surface area (Å²) in [6.07, 6.45) is 6.42. The summed E-state index contributed by atoms with van der Waals surface area (Å²) in [6.45, 7) is 6.23. The number of sulfonamides is 1. The van der Waals surface area contributed by atoms with E-state index in [-0.39, 0.29) is 23.2 Å². The van der Waals surface area contributed by atoms with E-state index in [0.717, 1.165) is 61.9 Å². The number of anilines is 1. The molecule has 4 aromatic rings. The second-order valence-corrected chi connectivity index (χ2v) is 13.8. The Bertz CT molecular complexity index is 1860. The molecule has 0 unspecified atom stereocenters. The van der Waals surface area contributed by atoms with E-state index in [2.05, 4.69) is 16.8 Å². The van der Waals surface area contributed by atoms with E-state index in [1.54, 1.807) is 32.0 Å². The van der Waals surface area contributed by atoms with Crippen molar-refractivity contribution in [3.8, 4) is 16.9 Å². The van der Waals surface area contributed by atoms with Crippen molar-refractivity contribution >= 4 is 27.6 Å². The van der Waals surface area contributed by atoms with Gasteiger partial charge in [0, 0.05) is 17.5 Å². The van der Waals surface area contributed by atoms with Crippen LogP contribution in [-0.2, 0) is 28.0 Å². The van der Waals surface area contributed by atoms with Crippen LogP contribution in [0.1, 0.15) is 74.3 Å². The van der Waals surface area contributed by atoms with Crippen molar-refractivity contribution in [1.29, 1.82) is 0 Å². The van der Waals surface area contributed by atoms with Crippen molar-refractivity contribution in [2.24, 2.45) is 4.99 Å². The number of amidine groups is 1. The molecule has 6 rings (SSSR count). The summed E-state index contributed by atoms with van der Waals surface area (Å²) in [7, 11) is -4.03. The molecule has 3 aromatic carbocycles. The monoisotopic (exact) mass is 640 g/mol. The summed E-state index contributed by atoms with van der Waals surface area (Å²) in [4.78, 5) is 20.8. The molecule has 1 amide bonds. The third kappa shape index (κ3) is 6.31. The highest BCUT2D eigenvalue weighted by Gasteiger charge is 2.49. The number of amides is 1. The normalized spacial score (nSPS) is 15.8. The van der Waals surface area contributed by atoms with Gasteiger partial charge in [0.1, 0.15) is 29.5 Å². The van der Waals surface area contributed by atoms with Gasteiger partial charge in [0.15, 0.2) is 5.82 Å². The summed E-state index contributed by atoms with van der Waals surface area (Å²) < 4.78 is 41.5. The number of carbonyl (C=O) groups excluding carboxylic acids is 1. The van der Waals surface area contributed by atoms with Crippen molar-refractivity contribution in [3.63, 3.8) is 0 Å². The van der Waals surface area contributed by atoms with Crippen molar-refractivity contribution in [1.82, 2.24) is 10.1 Å². The molecule has 0 radical (unpaired) electrons. The lowest BCUT2D eigenvalue weighted by atomic mass is 9.96. The van der Waals surface area contributed by atoms with Gasteiger partial charge in [-0.2, -0.15) is 0 Å². The second-order valence-electron chi connectivity index (χ2n) is 12.2. The Morgan fingerprint density at radius 3 is 2.43 bits per heavy atom. The molecule has 1 N–H and O–H groups in total. The number of unbranched alkanes of at least 4 members (excludes halogenated alkanes) is 1. The van der Waals surface area contributed by atoms with Crippen LogP contribution < -0.4 is 9.46 Å². The molecule has 240 valence electrons. The Kier molecular flexibility index (Phi) is 8.99. The summed E-state index contributed by atoms with van der Waals surface area (Å²) in [5, 5.41) is 3.90. The van der Waals surface area contributed by atoms with Gasteiger partial charge < -0.3 is 9.26 Å². The fraction of sp³-hybridized carbons (Fsp3) is 0.361. The standard InChI is InChI=1S/C36H40N4O5S/c1-4-5-17-33-37-36(20-11-12-21-36)35(41)40(33)23-27-18-19-30(28(22-27)24-44-29-13-7-6-8-14-29)31-15-9-10-16-32(31)46(42,43)39-34-25(2)26(3)45-38-34/h6-10,13-16,18-19,22H,4-5,11-12,17,20-21,23-24H2,1-3H3,(H,38,39). The van der Waals surface area contributed by atoms with Crippen LogP contribution in [0.4, 0.5) is 5.82 Å². The van der Waals surface area contributed by atoms with Crippen LogP contribution in [0.25, 0.3) is 11.1 Å². The van der Waals surface area contributed by atoms with Crippen LogP contribution in [0.5, 0.6) is 5.75 Å². The van der Waals surface area contributed by atoms with E-state index >= 15 is 0 Å². The van der Waals surface area contributed by atoms with E-state index in [1.165, 1.54) is 0 Å². The number of aromatic nitrogens is 1. The van der Waals surface area contributed by atoms with Gasteiger partial charge in [-0.05, 0) is 74.1 Å². The average Bonchev–Trinajstić information content (AvgIpc) is 3.74. The number of nitrogens with one attached hydrogen (secondary N) is 1. The van der Waals surface area contributed by atoms with Gasteiger partial charge in [-0.1, -0.05) is 79.9 Å². The predicted octanol–water partition coefficient (Wildman–Crippen LogP) is 7.58. The van der Waals surface area contributed by atoms with E-state index in [0.29, 0.717) is 34.7 Å². The Labute approximate surface area is 270 Å². The number of rotatable bonds is 12. The number of carbonyl (C=O) groups is 1. The maximum atomic E-state index is 13.8. The topological polar surface area (TPSA) is 114 Å². The maximum Gasteiger partial charge on any atom is 0.263 e. The minimum Gasteiger partial charge on any atom is -0.489 e. The van der Waals surface area contributed by atoms with Gasteiger partial charge in [-0.25, -0.2) is 8.42 Å². The summed E-state index contributed by atoms with van der Waals surface area (Å²) in [5.74, 6) is 2.38. The lowest BCUT2D eigenvalue weighted by molar-refractivity contribution is -0.131. The van der Waals surface area contributed by atoms with Gasteiger partial charge in [-0.3, -0.25) is 19.4 Å². The lowest BCUT2D eigenvalue weighted by Gasteiger charge is -2.23. The highest BCUT2D eigenvalue weighted by atomic mass is 32.2. The number of ether oxygens (including phenoxy) is 1. The van der Waals surface area contributed by atoms with Gasteiger partial charge in [0.2, 0.25) is 0 Å². The van der Waals surface area contributed by atoms with Crippen molar-refractivity contribution < 1.29 is 22.5 Å². The first-order valence-corrected chi connectivity index (χ1v) is 17.4. The first-order valence-electron chi connectivity index (χ1n) is 16.0. The number of aliphatic imine (C=N–C) groups is 1. The highest BCUT2D eigenvalue weighted by Crippen LogP contribution is 2.40. The molecule has 2 aliphatic rings. The van der Waals surface area contributed by atoms with Crippen LogP contribution in [0.15, 0.2) is 87.2 Å². The third-order valence-corrected chi connectivity index (χ3v) is 10.4. The zero-order valence-electron chi connectivity index (χ0n) is 26.6. The molecule has 46 heavy (non-hydrogen) atoms. The SMILES string of the molecule is CCCCC1=NC2(CCCC2)C(=O)N1Cc1ccc(-c2ccccc2S(=O)(=O)Nc2noc(C)c2C)c(COc2ccccc2)c1. The Hall–Kier alpha value is -4.44. The van der Waals surface area contributed by atoms with Gasteiger partial charge in [0.25, 0.3) is 15.9 Å². The summed E-state index contributed by atoms with van der Waals surface area (Å²) in [5.41, 5.74) is 2.98. The molecule has 0 atom stereocenters. The quantitative estimate of drug-likeness (QED) is 0.171. The Morgan fingerprint density at radius 1 is 0.978 bits per heavy atom. The molecule has 1 aliphatic heterocycles. The second kappa shape index (κ2) is 13.1. The minimum atomic E-state index is -4.03. The van der Waals surface area contributed by atoms with Crippen LogP contribution in [0, 0.1) is 13.8 Å². The molecule has 1 spiro atoms. The molecule has 1 aromatic heterocycles. The first kappa shape index (κ1) is 31.5. The molecular weight excluding hydrogens is 600 g/mol. The lowest BCUT2D eigenvalue weighted by Crippen LogP contribution is -2.40. The molecule has 0 bridgehead atoms. The Balaban J connectivity index is 1.36. The van der Waals surface area contributed by atoms with Crippen molar-refractivity contribution in [3.05, 3.63) is 95.2 Å². The smallest absolute Gasteiger partial charge is 0.263 e. The fourth-order valence-electron chi connectivity index (χ4n) is 6.30. The molecule has 1 fully saturated rings. The number of nitrogens with zero attached hydrogens (tertiary/aromatic N) is 3. The number of aryl methyl sites for hydroxylation is 1. The molecule has 9 nitrogen and oxygen atoms in total. The Morgan fingerprint density at radius 2 is 1.72 bits per heavy atom. The van der Waals surface area contributed by atoms with Gasteiger partial charge in [-0.15, -0.1) is 0 Å². The number of hydrogen-bond donors (Lipinski definition) is 1. The van der Waals surface area contributed by atoms with E-state index < -0.39 is 15.6 Å². The largest absolute Gasteiger partial charge is 0.489 e. The number of hydrogen-bond acceptors (Lipinski definition) is 7. The van der Waals surface area contributed by atoms with Gasteiger partial charge in [0.05, 0.1) is 11.4 Å². The van der Waals surface area contributed by atoms with E-state index in [4.69, 9.17) is 14.3 Å². The van der Waals surface area contributed by atoms with Crippen LogP contribution in [0.2, 0.25) is 0 Å². The summed E-state index contributed by atoms with van der Waals surface area (Å²) in [6, 6.07) is 22.3. The molecule has 1 aliphatic carbocycles. The number of benzene rings is 3.